The number of carbonyl (C=O) groups is 2. The van der Waals surface area contributed by atoms with Crippen LogP contribution in [0, 0.1) is 12.7 Å². The standard InChI is InChI=1S/C35H37BrFN3O4S/c1-3-4-21-38-35(42)33(22-27-9-6-5-7-10-27)39(24-28-15-17-30(37)18-16-28)34(41)25-40(31-12-8-11-29(36)23-31)45(43,44)32-19-13-26(2)14-20-32/h5-20,23,33H,3-4,21-22,24-25H2,1-2H3,(H,38,42). The lowest BCUT2D eigenvalue weighted by Gasteiger charge is -2.34. The van der Waals surface area contributed by atoms with Crippen LogP contribution in [0.25, 0.3) is 0 Å². The molecule has 2 amide bonds. The van der Waals surface area contributed by atoms with Crippen LogP contribution in [0.1, 0.15) is 36.5 Å². The minimum Gasteiger partial charge on any atom is -0.354 e. The Morgan fingerprint density at radius 3 is 2.22 bits per heavy atom. The lowest BCUT2D eigenvalue weighted by Crippen LogP contribution is -2.53. The second-order valence-corrected chi connectivity index (χ2v) is 13.6. The molecule has 0 saturated carbocycles. The maximum absolute atomic E-state index is 14.4. The summed E-state index contributed by atoms with van der Waals surface area (Å²) in [6.07, 6.45) is 1.84. The fraction of sp³-hybridized carbons (Fsp3) is 0.257. The van der Waals surface area contributed by atoms with Crippen LogP contribution in [0.3, 0.4) is 0 Å². The fourth-order valence-corrected chi connectivity index (χ4v) is 6.64. The zero-order valence-electron chi connectivity index (χ0n) is 25.3. The average molecular weight is 695 g/mol. The lowest BCUT2D eigenvalue weighted by atomic mass is 10.0. The maximum atomic E-state index is 14.4. The molecule has 1 N–H and O–H groups in total. The number of benzene rings is 4. The number of sulfonamides is 1. The molecule has 236 valence electrons. The second-order valence-electron chi connectivity index (χ2n) is 10.8. The molecular weight excluding hydrogens is 657 g/mol. The van der Waals surface area contributed by atoms with E-state index in [1.807, 2.05) is 44.2 Å². The fourth-order valence-electron chi connectivity index (χ4n) is 4.84. The van der Waals surface area contributed by atoms with Crippen LogP contribution < -0.4 is 9.62 Å². The molecule has 7 nitrogen and oxygen atoms in total. The number of halogens is 2. The minimum atomic E-state index is -4.20. The Hall–Kier alpha value is -4.02. The van der Waals surface area contributed by atoms with Crippen molar-refractivity contribution >= 4 is 43.5 Å². The Kier molecular flexibility index (Phi) is 11.9. The first-order valence-electron chi connectivity index (χ1n) is 14.8. The van der Waals surface area contributed by atoms with Gasteiger partial charge in [-0.3, -0.25) is 13.9 Å². The van der Waals surface area contributed by atoms with E-state index in [1.54, 1.807) is 48.5 Å². The van der Waals surface area contributed by atoms with Crippen molar-refractivity contribution in [2.24, 2.45) is 0 Å². The third-order valence-corrected chi connectivity index (χ3v) is 9.63. The molecule has 0 aliphatic heterocycles. The van der Waals surface area contributed by atoms with Crippen LogP contribution in [0.5, 0.6) is 0 Å². The molecule has 4 aromatic carbocycles. The second kappa shape index (κ2) is 15.8. The Bertz CT molecular complexity index is 1680. The van der Waals surface area contributed by atoms with Crippen LogP contribution >= 0.6 is 15.9 Å². The van der Waals surface area contributed by atoms with Crippen molar-refractivity contribution in [3.8, 4) is 0 Å². The quantitative estimate of drug-likeness (QED) is 0.150. The van der Waals surface area contributed by atoms with Crippen LogP contribution in [0.4, 0.5) is 10.1 Å². The summed E-state index contributed by atoms with van der Waals surface area (Å²) in [6, 6.07) is 27.2. The molecule has 45 heavy (non-hydrogen) atoms. The highest BCUT2D eigenvalue weighted by Crippen LogP contribution is 2.27. The number of hydrogen-bond donors (Lipinski definition) is 1. The SMILES string of the molecule is CCCCNC(=O)C(Cc1ccccc1)N(Cc1ccc(F)cc1)C(=O)CN(c1cccc(Br)c1)S(=O)(=O)c1ccc(C)cc1. The number of amides is 2. The van der Waals surface area contributed by atoms with Crippen LogP contribution in [0.2, 0.25) is 0 Å². The Labute approximate surface area is 273 Å². The summed E-state index contributed by atoms with van der Waals surface area (Å²) >= 11 is 3.42. The number of hydrogen-bond acceptors (Lipinski definition) is 4. The molecule has 0 aliphatic rings. The molecule has 0 spiro atoms. The average Bonchev–Trinajstić information content (AvgIpc) is 3.03. The number of nitrogens with zero attached hydrogens (tertiary/aromatic N) is 2. The first-order valence-corrected chi connectivity index (χ1v) is 17.0. The van der Waals surface area contributed by atoms with Gasteiger partial charge in [-0.1, -0.05) is 95.5 Å². The molecule has 0 heterocycles. The maximum Gasteiger partial charge on any atom is 0.264 e. The molecule has 0 aromatic heterocycles. The van der Waals surface area contributed by atoms with Gasteiger partial charge in [-0.2, -0.15) is 0 Å². The first kappa shape index (κ1) is 33.9. The van der Waals surface area contributed by atoms with Crippen molar-refractivity contribution in [2.45, 2.75) is 50.6 Å². The zero-order chi connectivity index (χ0) is 32.4. The molecule has 4 rings (SSSR count). The molecule has 10 heteroatoms. The predicted octanol–water partition coefficient (Wildman–Crippen LogP) is 6.65. The minimum absolute atomic E-state index is 0.0316. The normalized spacial score (nSPS) is 11.9. The molecule has 0 aliphatic carbocycles. The van der Waals surface area contributed by atoms with Crippen LogP contribution in [-0.2, 0) is 32.6 Å². The summed E-state index contributed by atoms with van der Waals surface area (Å²) in [4.78, 5) is 29.6. The van der Waals surface area contributed by atoms with E-state index in [4.69, 9.17) is 0 Å². The zero-order valence-corrected chi connectivity index (χ0v) is 27.7. The third kappa shape index (κ3) is 9.25. The van der Waals surface area contributed by atoms with Crippen molar-refractivity contribution in [3.63, 3.8) is 0 Å². The highest BCUT2D eigenvalue weighted by Gasteiger charge is 2.34. The number of nitrogens with one attached hydrogen (secondary N) is 1. The summed E-state index contributed by atoms with van der Waals surface area (Å²) < 4.78 is 43.7. The number of carbonyl (C=O) groups excluding carboxylic acids is 2. The highest BCUT2D eigenvalue weighted by molar-refractivity contribution is 9.10. The number of anilines is 1. The van der Waals surface area contributed by atoms with E-state index in [0.29, 0.717) is 16.6 Å². The van der Waals surface area contributed by atoms with Gasteiger partial charge in [0.25, 0.3) is 10.0 Å². The lowest BCUT2D eigenvalue weighted by molar-refractivity contribution is -0.140. The summed E-state index contributed by atoms with van der Waals surface area (Å²) in [5.74, 6) is -1.36. The number of aryl methyl sites for hydroxylation is 1. The van der Waals surface area contributed by atoms with Gasteiger partial charge in [0.1, 0.15) is 18.4 Å². The van der Waals surface area contributed by atoms with Crippen LogP contribution in [0.15, 0.2) is 112 Å². The van der Waals surface area contributed by atoms with Gasteiger partial charge in [0.05, 0.1) is 10.6 Å². The summed E-state index contributed by atoms with van der Waals surface area (Å²) in [5.41, 5.74) is 2.61. The van der Waals surface area contributed by atoms with Gasteiger partial charge in [0.15, 0.2) is 0 Å². The summed E-state index contributed by atoms with van der Waals surface area (Å²) in [7, 11) is -4.20. The van der Waals surface area contributed by atoms with Gasteiger partial charge in [-0.15, -0.1) is 0 Å². The van der Waals surface area contributed by atoms with Crippen molar-refractivity contribution in [1.82, 2.24) is 10.2 Å². The Morgan fingerprint density at radius 1 is 0.889 bits per heavy atom. The third-order valence-electron chi connectivity index (χ3n) is 7.35. The van der Waals surface area contributed by atoms with Gasteiger partial charge in [0.2, 0.25) is 11.8 Å². The largest absolute Gasteiger partial charge is 0.354 e. The van der Waals surface area contributed by atoms with Crippen molar-refractivity contribution in [1.29, 1.82) is 0 Å². The van der Waals surface area contributed by atoms with Crippen molar-refractivity contribution in [3.05, 3.63) is 130 Å². The van der Waals surface area contributed by atoms with Gasteiger partial charge < -0.3 is 10.2 Å². The van der Waals surface area contributed by atoms with Crippen molar-refractivity contribution < 1.29 is 22.4 Å². The van der Waals surface area contributed by atoms with E-state index >= 15 is 0 Å². The predicted molar refractivity (Wildman–Crippen MR) is 179 cm³/mol. The van der Waals surface area contributed by atoms with Gasteiger partial charge in [0, 0.05) is 24.0 Å². The number of unbranched alkanes of at least 4 members (excludes halogenated alkanes) is 1. The van der Waals surface area contributed by atoms with Crippen molar-refractivity contribution in [2.75, 3.05) is 17.4 Å². The molecular formula is C35H37BrFN3O4S. The monoisotopic (exact) mass is 693 g/mol. The first-order chi connectivity index (χ1) is 21.6. The summed E-state index contributed by atoms with van der Waals surface area (Å²) in [5, 5.41) is 2.96. The van der Waals surface area contributed by atoms with E-state index in [-0.39, 0.29) is 29.5 Å². The molecule has 1 atom stereocenters. The van der Waals surface area contributed by atoms with Gasteiger partial charge in [-0.25, -0.2) is 12.8 Å². The van der Waals surface area contributed by atoms with E-state index < -0.39 is 34.3 Å². The van der Waals surface area contributed by atoms with E-state index in [1.165, 1.54) is 29.2 Å². The van der Waals surface area contributed by atoms with Crippen LogP contribution in [-0.4, -0.2) is 44.3 Å². The molecule has 4 aromatic rings. The molecule has 0 radical (unpaired) electrons. The van der Waals surface area contributed by atoms with E-state index in [0.717, 1.165) is 28.3 Å². The Balaban J connectivity index is 1.78. The smallest absolute Gasteiger partial charge is 0.264 e. The highest BCUT2D eigenvalue weighted by atomic mass is 79.9. The van der Waals surface area contributed by atoms with E-state index in [2.05, 4.69) is 21.2 Å². The molecule has 0 fully saturated rings. The topological polar surface area (TPSA) is 86.8 Å². The van der Waals surface area contributed by atoms with E-state index in [9.17, 15) is 22.4 Å². The van der Waals surface area contributed by atoms with Gasteiger partial charge in [-0.05, 0) is 66.9 Å². The molecule has 1 unspecified atom stereocenters. The number of rotatable bonds is 14. The Morgan fingerprint density at radius 2 is 1.58 bits per heavy atom. The summed E-state index contributed by atoms with van der Waals surface area (Å²) in [6.45, 7) is 3.71. The molecule has 0 bridgehead atoms. The molecule has 0 saturated heterocycles. The van der Waals surface area contributed by atoms with Gasteiger partial charge >= 0.3 is 0 Å².